The number of aromatic carboxylic acids is 1. The van der Waals surface area contributed by atoms with Gasteiger partial charge in [-0.15, -0.1) is 0 Å². The quantitative estimate of drug-likeness (QED) is 0.477. The molecule has 0 radical (unpaired) electrons. The number of methoxy groups -OCH3 is 1. The predicted octanol–water partition coefficient (Wildman–Crippen LogP) is 4.49. The first kappa shape index (κ1) is 23.8. The van der Waals surface area contributed by atoms with E-state index < -0.39 is 23.7 Å². The average molecular weight is 472 g/mol. The molecule has 1 atom stereocenters. The molecule has 0 spiro atoms. The summed E-state index contributed by atoms with van der Waals surface area (Å²) in [5, 5.41) is 20.0. The van der Waals surface area contributed by atoms with Crippen molar-refractivity contribution < 1.29 is 29.3 Å². The maximum atomic E-state index is 13.4. The Morgan fingerprint density at radius 3 is 2.23 bits per heavy atom. The number of aliphatic hydroxyl groups is 1. The van der Waals surface area contributed by atoms with Gasteiger partial charge in [0, 0.05) is 18.5 Å². The van der Waals surface area contributed by atoms with E-state index >= 15 is 0 Å². The fourth-order valence-electron chi connectivity index (χ4n) is 4.30. The van der Waals surface area contributed by atoms with E-state index in [0.29, 0.717) is 23.3 Å². The molecule has 35 heavy (non-hydrogen) atoms. The number of carbonyl (C=O) groups excluding carboxylic acids is 2. The summed E-state index contributed by atoms with van der Waals surface area (Å²) in [7, 11) is 1.51. The summed E-state index contributed by atoms with van der Waals surface area (Å²) in [6, 6.07) is 21.9. The van der Waals surface area contributed by atoms with Gasteiger partial charge < -0.3 is 19.8 Å². The molecular formula is C28H25NO6. The number of aliphatic hydroxyl groups excluding tert-OH is 1. The molecule has 0 aliphatic carbocycles. The number of benzene rings is 3. The topological polar surface area (TPSA) is 104 Å². The molecule has 1 unspecified atom stereocenters. The van der Waals surface area contributed by atoms with Crippen molar-refractivity contribution in [2.24, 2.45) is 0 Å². The van der Waals surface area contributed by atoms with Crippen LogP contribution in [0.1, 0.15) is 39.5 Å². The van der Waals surface area contributed by atoms with Crippen LogP contribution in [0.3, 0.4) is 0 Å². The molecule has 0 saturated heterocycles. The van der Waals surface area contributed by atoms with E-state index in [4.69, 9.17) is 9.84 Å². The molecule has 0 bridgehead atoms. The van der Waals surface area contributed by atoms with Crippen LogP contribution in [0, 0.1) is 0 Å². The van der Waals surface area contributed by atoms with Gasteiger partial charge >= 0.3 is 5.97 Å². The highest BCUT2D eigenvalue weighted by atomic mass is 16.5. The first-order chi connectivity index (χ1) is 16.9. The second-order valence-electron chi connectivity index (χ2n) is 8.25. The van der Waals surface area contributed by atoms with Gasteiger partial charge in [-0.25, -0.2) is 4.79 Å². The summed E-state index contributed by atoms with van der Waals surface area (Å²) >= 11 is 0. The van der Waals surface area contributed by atoms with E-state index in [9.17, 15) is 19.5 Å². The van der Waals surface area contributed by atoms with E-state index in [1.807, 2.05) is 30.3 Å². The van der Waals surface area contributed by atoms with Crippen molar-refractivity contribution in [1.29, 1.82) is 0 Å². The highest BCUT2D eigenvalue weighted by Crippen LogP contribution is 2.42. The van der Waals surface area contributed by atoms with E-state index in [1.54, 1.807) is 36.4 Å². The number of carbonyl (C=O) groups is 3. The zero-order chi connectivity index (χ0) is 24.9. The SMILES string of the molecule is COc1ccccc1C1C(C(=O)CCc2ccccc2)=C(O)C(=O)N1Cc1ccc(C(=O)O)cc1. The minimum absolute atomic E-state index is 0.0394. The second-order valence-corrected chi connectivity index (χ2v) is 8.25. The van der Waals surface area contributed by atoms with Crippen molar-refractivity contribution in [3.05, 3.63) is 112 Å². The Kier molecular flexibility index (Phi) is 6.96. The molecule has 178 valence electrons. The Bertz CT molecular complexity index is 1280. The molecule has 7 nitrogen and oxygen atoms in total. The van der Waals surface area contributed by atoms with Gasteiger partial charge in [-0.2, -0.15) is 0 Å². The van der Waals surface area contributed by atoms with Gasteiger partial charge in [0.15, 0.2) is 11.5 Å². The van der Waals surface area contributed by atoms with Crippen LogP contribution in [-0.2, 0) is 22.6 Å². The highest BCUT2D eigenvalue weighted by molar-refractivity contribution is 6.09. The van der Waals surface area contributed by atoms with Gasteiger partial charge in [-0.05, 0) is 35.7 Å². The second kappa shape index (κ2) is 10.3. The molecule has 1 heterocycles. The summed E-state index contributed by atoms with van der Waals surface area (Å²) in [5.74, 6) is -2.11. The predicted molar refractivity (Wildman–Crippen MR) is 129 cm³/mol. The van der Waals surface area contributed by atoms with Crippen LogP contribution >= 0.6 is 0 Å². The molecule has 1 aliphatic rings. The van der Waals surface area contributed by atoms with Crippen molar-refractivity contribution in [2.45, 2.75) is 25.4 Å². The van der Waals surface area contributed by atoms with Crippen LogP contribution in [0.15, 0.2) is 90.2 Å². The van der Waals surface area contributed by atoms with Crippen LogP contribution in [-0.4, -0.2) is 39.9 Å². The third kappa shape index (κ3) is 4.94. The number of hydrogen-bond acceptors (Lipinski definition) is 5. The normalized spacial score (nSPS) is 15.4. The molecule has 0 aromatic heterocycles. The zero-order valence-electron chi connectivity index (χ0n) is 19.2. The van der Waals surface area contributed by atoms with Crippen molar-refractivity contribution in [2.75, 3.05) is 7.11 Å². The minimum Gasteiger partial charge on any atom is -0.503 e. The third-order valence-corrected chi connectivity index (χ3v) is 6.07. The number of ether oxygens (including phenoxy) is 1. The fraction of sp³-hybridized carbons (Fsp3) is 0.179. The summed E-state index contributed by atoms with van der Waals surface area (Å²) in [6.07, 6.45) is 0.601. The molecule has 0 fully saturated rings. The van der Waals surface area contributed by atoms with E-state index in [-0.39, 0.29) is 29.9 Å². The van der Waals surface area contributed by atoms with Gasteiger partial charge in [0.05, 0.1) is 24.3 Å². The summed E-state index contributed by atoms with van der Waals surface area (Å²) in [4.78, 5) is 39.2. The number of para-hydroxylation sites is 1. The number of nitrogens with zero attached hydrogens (tertiary/aromatic N) is 1. The van der Waals surface area contributed by atoms with E-state index in [1.165, 1.54) is 24.1 Å². The number of ketones is 1. The zero-order valence-corrected chi connectivity index (χ0v) is 19.2. The first-order valence-electron chi connectivity index (χ1n) is 11.2. The van der Waals surface area contributed by atoms with Gasteiger partial charge in [0.1, 0.15) is 5.75 Å². The van der Waals surface area contributed by atoms with Crippen molar-refractivity contribution >= 4 is 17.7 Å². The molecule has 1 amide bonds. The standard InChI is InChI=1S/C28H25NO6/c1-35-23-10-6-5-9-21(23)25-24(22(30)16-13-18-7-3-2-4-8-18)26(31)27(32)29(25)17-19-11-14-20(15-12-19)28(33)34/h2-12,14-15,25,31H,13,16-17H2,1H3,(H,33,34). The highest BCUT2D eigenvalue weighted by Gasteiger charge is 2.44. The molecular weight excluding hydrogens is 446 g/mol. The Balaban J connectivity index is 1.69. The molecule has 0 saturated carbocycles. The van der Waals surface area contributed by atoms with E-state index in [0.717, 1.165) is 5.56 Å². The van der Waals surface area contributed by atoms with Crippen molar-refractivity contribution in [1.82, 2.24) is 4.90 Å². The summed E-state index contributed by atoms with van der Waals surface area (Å²) in [5.41, 5.74) is 2.39. The summed E-state index contributed by atoms with van der Waals surface area (Å²) in [6.45, 7) is 0.0704. The lowest BCUT2D eigenvalue weighted by atomic mass is 9.92. The van der Waals surface area contributed by atoms with Crippen LogP contribution in [0.25, 0.3) is 0 Å². The minimum atomic E-state index is -1.05. The number of hydrogen-bond donors (Lipinski definition) is 2. The number of carboxylic acid groups (broad SMARTS) is 1. The average Bonchev–Trinajstić information content (AvgIpc) is 3.13. The van der Waals surface area contributed by atoms with Crippen LogP contribution < -0.4 is 4.74 Å². The van der Waals surface area contributed by atoms with Gasteiger partial charge in [0.25, 0.3) is 5.91 Å². The van der Waals surface area contributed by atoms with Gasteiger partial charge in [0.2, 0.25) is 0 Å². The molecule has 4 rings (SSSR count). The number of Topliss-reactive ketones (excluding diaryl/α,β-unsaturated/α-hetero) is 1. The Morgan fingerprint density at radius 1 is 0.914 bits per heavy atom. The van der Waals surface area contributed by atoms with E-state index in [2.05, 4.69) is 0 Å². The fourth-order valence-corrected chi connectivity index (χ4v) is 4.30. The molecule has 3 aromatic carbocycles. The maximum absolute atomic E-state index is 13.4. The Hall–Kier alpha value is -4.39. The first-order valence-corrected chi connectivity index (χ1v) is 11.2. The van der Waals surface area contributed by atoms with Crippen LogP contribution in [0.4, 0.5) is 0 Å². The molecule has 3 aromatic rings. The van der Waals surface area contributed by atoms with Gasteiger partial charge in [-0.1, -0.05) is 60.7 Å². The lowest BCUT2D eigenvalue weighted by molar-refractivity contribution is -0.130. The van der Waals surface area contributed by atoms with Crippen LogP contribution in [0.2, 0.25) is 0 Å². The lowest BCUT2D eigenvalue weighted by Gasteiger charge is -2.28. The van der Waals surface area contributed by atoms with Gasteiger partial charge in [-0.3, -0.25) is 9.59 Å². The largest absolute Gasteiger partial charge is 0.503 e. The Morgan fingerprint density at radius 2 is 1.57 bits per heavy atom. The molecule has 7 heteroatoms. The number of amides is 1. The maximum Gasteiger partial charge on any atom is 0.335 e. The monoisotopic (exact) mass is 471 g/mol. The van der Waals surface area contributed by atoms with Crippen molar-refractivity contribution in [3.63, 3.8) is 0 Å². The van der Waals surface area contributed by atoms with Crippen LogP contribution in [0.5, 0.6) is 5.75 Å². The molecule has 1 aliphatic heterocycles. The number of aryl methyl sites for hydroxylation is 1. The smallest absolute Gasteiger partial charge is 0.335 e. The third-order valence-electron chi connectivity index (χ3n) is 6.07. The lowest BCUT2D eigenvalue weighted by Crippen LogP contribution is -2.31. The Labute approximate surface area is 202 Å². The molecule has 2 N–H and O–H groups in total. The van der Waals surface area contributed by atoms with Crippen molar-refractivity contribution in [3.8, 4) is 5.75 Å². The number of rotatable bonds is 9. The number of carboxylic acids is 1. The summed E-state index contributed by atoms with van der Waals surface area (Å²) < 4.78 is 5.51.